The van der Waals surface area contributed by atoms with Crippen molar-refractivity contribution in [3.05, 3.63) is 35.9 Å². The number of rotatable bonds is 14. The molecule has 0 aliphatic rings. The second-order valence-corrected chi connectivity index (χ2v) is 7.97. The van der Waals surface area contributed by atoms with Gasteiger partial charge in [-0.05, 0) is 49.7 Å². The summed E-state index contributed by atoms with van der Waals surface area (Å²) in [4.78, 5) is 0. The molecule has 0 saturated heterocycles. The molecule has 0 aliphatic heterocycles. The number of alkyl halides is 1. The Bertz CT molecular complexity index is 698. The van der Waals surface area contributed by atoms with Crippen molar-refractivity contribution in [2.75, 3.05) is 19.1 Å². The first-order valence-electron chi connectivity index (χ1n) is 11.1. The van der Waals surface area contributed by atoms with Crippen molar-refractivity contribution in [1.29, 1.82) is 0 Å². The first kappa shape index (κ1) is 22.9. The van der Waals surface area contributed by atoms with E-state index in [1.807, 2.05) is 0 Å². The van der Waals surface area contributed by atoms with E-state index in [4.69, 9.17) is 21.1 Å². The van der Waals surface area contributed by atoms with E-state index in [-0.39, 0.29) is 0 Å². The highest BCUT2D eigenvalue weighted by Gasteiger charge is 2.15. The number of hydrogen-bond donors (Lipinski definition) is 0. The standard InChI is InChI=1S/C25H37ClO2/c1-4-7-13-20(5-2)19-28-25-21(6-3)18-24(27-17-12-8-11-16-26)22-14-9-10-15-23(22)25/h9-10,14-15,18,20H,4-8,11-13,16-17,19H2,1-3H3. The quantitative estimate of drug-likeness (QED) is 0.236. The Labute approximate surface area is 176 Å². The number of hydrogen-bond acceptors (Lipinski definition) is 2. The molecule has 2 aromatic rings. The fourth-order valence-corrected chi connectivity index (χ4v) is 3.77. The fraction of sp³-hybridized carbons (Fsp3) is 0.600. The molecule has 1 unspecified atom stereocenters. The summed E-state index contributed by atoms with van der Waals surface area (Å²) in [5.41, 5.74) is 1.24. The van der Waals surface area contributed by atoms with Crippen molar-refractivity contribution < 1.29 is 9.47 Å². The second-order valence-electron chi connectivity index (χ2n) is 7.59. The average molecular weight is 405 g/mol. The third kappa shape index (κ3) is 6.58. The van der Waals surface area contributed by atoms with Crippen LogP contribution in [-0.4, -0.2) is 19.1 Å². The first-order chi connectivity index (χ1) is 13.7. The molecule has 156 valence electrons. The van der Waals surface area contributed by atoms with Gasteiger partial charge in [0, 0.05) is 16.7 Å². The minimum absolute atomic E-state index is 0.626. The molecule has 0 N–H and O–H groups in total. The highest BCUT2D eigenvalue weighted by molar-refractivity contribution is 6.17. The van der Waals surface area contributed by atoms with Gasteiger partial charge in [-0.15, -0.1) is 11.6 Å². The van der Waals surface area contributed by atoms with Crippen LogP contribution in [0.5, 0.6) is 11.5 Å². The summed E-state index contributed by atoms with van der Waals surface area (Å²) in [6, 6.07) is 10.7. The summed E-state index contributed by atoms with van der Waals surface area (Å²) >= 11 is 5.77. The lowest BCUT2D eigenvalue weighted by atomic mass is 9.99. The predicted molar refractivity (Wildman–Crippen MR) is 122 cm³/mol. The van der Waals surface area contributed by atoms with Crippen molar-refractivity contribution in [3.63, 3.8) is 0 Å². The smallest absolute Gasteiger partial charge is 0.130 e. The lowest BCUT2D eigenvalue weighted by molar-refractivity contribution is 0.233. The Hall–Kier alpha value is -1.41. The van der Waals surface area contributed by atoms with Gasteiger partial charge in [0.05, 0.1) is 13.2 Å². The number of benzene rings is 2. The Kier molecular flexibility index (Phi) is 10.6. The molecule has 0 amide bonds. The Morgan fingerprint density at radius 2 is 1.71 bits per heavy atom. The number of ether oxygens (including phenoxy) is 2. The van der Waals surface area contributed by atoms with E-state index in [9.17, 15) is 0 Å². The molecule has 3 heteroatoms. The zero-order valence-corrected chi connectivity index (χ0v) is 18.7. The zero-order valence-electron chi connectivity index (χ0n) is 17.9. The van der Waals surface area contributed by atoms with Crippen molar-refractivity contribution in [2.45, 2.75) is 72.1 Å². The summed E-state index contributed by atoms with van der Waals surface area (Å²) < 4.78 is 12.6. The van der Waals surface area contributed by atoms with Crippen LogP contribution in [0.3, 0.4) is 0 Å². The van der Waals surface area contributed by atoms with Crippen molar-refractivity contribution in [3.8, 4) is 11.5 Å². The summed E-state index contributed by atoms with van der Waals surface area (Å²) in [6.45, 7) is 8.25. The van der Waals surface area contributed by atoms with Crippen LogP contribution in [0, 0.1) is 5.92 Å². The van der Waals surface area contributed by atoms with Crippen LogP contribution in [0.25, 0.3) is 10.8 Å². The molecule has 2 nitrogen and oxygen atoms in total. The lowest BCUT2D eigenvalue weighted by Gasteiger charge is -2.20. The highest BCUT2D eigenvalue weighted by atomic mass is 35.5. The highest BCUT2D eigenvalue weighted by Crippen LogP contribution is 2.37. The van der Waals surface area contributed by atoms with Crippen LogP contribution in [0.1, 0.15) is 71.3 Å². The van der Waals surface area contributed by atoms with Gasteiger partial charge in [0.2, 0.25) is 0 Å². The van der Waals surface area contributed by atoms with Crippen LogP contribution >= 0.6 is 11.6 Å². The molecule has 0 fully saturated rings. The van der Waals surface area contributed by atoms with Gasteiger partial charge in [-0.1, -0.05) is 64.3 Å². The largest absolute Gasteiger partial charge is 0.493 e. The lowest BCUT2D eigenvalue weighted by Crippen LogP contribution is -2.12. The normalized spacial score (nSPS) is 12.3. The molecule has 0 bridgehead atoms. The van der Waals surface area contributed by atoms with E-state index < -0.39 is 0 Å². The van der Waals surface area contributed by atoms with Gasteiger partial charge in [-0.25, -0.2) is 0 Å². The summed E-state index contributed by atoms with van der Waals surface area (Å²) in [6.07, 6.45) is 9.08. The number of fused-ring (bicyclic) bond motifs is 1. The maximum Gasteiger partial charge on any atom is 0.130 e. The molecule has 0 radical (unpaired) electrons. The molecule has 0 aromatic heterocycles. The Morgan fingerprint density at radius 1 is 0.929 bits per heavy atom. The number of unbranched alkanes of at least 4 members (excludes halogenated alkanes) is 3. The van der Waals surface area contributed by atoms with Gasteiger partial charge in [0.25, 0.3) is 0 Å². The van der Waals surface area contributed by atoms with E-state index in [0.717, 1.165) is 61.7 Å². The first-order valence-corrected chi connectivity index (χ1v) is 11.6. The van der Waals surface area contributed by atoms with Gasteiger partial charge in [-0.3, -0.25) is 0 Å². The third-order valence-electron chi connectivity index (χ3n) is 5.46. The van der Waals surface area contributed by atoms with Crippen molar-refractivity contribution in [2.24, 2.45) is 5.92 Å². The average Bonchev–Trinajstić information content (AvgIpc) is 2.74. The van der Waals surface area contributed by atoms with Gasteiger partial charge in [0.15, 0.2) is 0 Å². The van der Waals surface area contributed by atoms with Crippen molar-refractivity contribution >= 4 is 22.4 Å². The van der Waals surface area contributed by atoms with Crippen LogP contribution < -0.4 is 9.47 Å². The van der Waals surface area contributed by atoms with Crippen LogP contribution in [0.15, 0.2) is 30.3 Å². The topological polar surface area (TPSA) is 18.5 Å². The van der Waals surface area contributed by atoms with E-state index in [1.165, 1.54) is 36.6 Å². The molecule has 0 saturated carbocycles. The SMILES string of the molecule is CCCCC(CC)COc1c(CC)cc(OCCCCCCl)c2ccccc12. The van der Waals surface area contributed by atoms with E-state index >= 15 is 0 Å². The predicted octanol–water partition coefficient (Wildman–Crippen LogP) is 7.79. The van der Waals surface area contributed by atoms with Crippen LogP contribution in [-0.2, 0) is 6.42 Å². The van der Waals surface area contributed by atoms with E-state index in [2.05, 4.69) is 51.1 Å². The second kappa shape index (κ2) is 12.9. The van der Waals surface area contributed by atoms with Gasteiger partial charge in [-0.2, -0.15) is 0 Å². The van der Waals surface area contributed by atoms with Gasteiger partial charge in [0.1, 0.15) is 11.5 Å². The molecule has 28 heavy (non-hydrogen) atoms. The number of aryl methyl sites for hydroxylation is 1. The van der Waals surface area contributed by atoms with Gasteiger partial charge >= 0.3 is 0 Å². The van der Waals surface area contributed by atoms with Crippen molar-refractivity contribution in [1.82, 2.24) is 0 Å². The Morgan fingerprint density at radius 3 is 2.39 bits per heavy atom. The summed E-state index contributed by atoms with van der Waals surface area (Å²) in [7, 11) is 0. The van der Waals surface area contributed by atoms with Gasteiger partial charge < -0.3 is 9.47 Å². The zero-order chi connectivity index (χ0) is 20.2. The maximum absolute atomic E-state index is 6.43. The van der Waals surface area contributed by atoms with E-state index in [1.54, 1.807) is 0 Å². The molecule has 1 atom stereocenters. The molecule has 0 aliphatic carbocycles. The fourth-order valence-electron chi connectivity index (χ4n) is 3.58. The third-order valence-corrected chi connectivity index (χ3v) is 5.72. The monoisotopic (exact) mass is 404 g/mol. The summed E-state index contributed by atoms with van der Waals surface area (Å²) in [5.74, 6) is 3.37. The van der Waals surface area contributed by atoms with E-state index in [0.29, 0.717) is 5.92 Å². The molecule has 2 rings (SSSR count). The maximum atomic E-state index is 6.43. The molecule has 0 heterocycles. The Balaban J connectivity index is 2.20. The number of halogens is 1. The minimum Gasteiger partial charge on any atom is -0.493 e. The molecule has 0 spiro atoms. The molecular weight excluding hydrogens is 368 g/mol. The minimum atomic E-state index is 0.626. The van der Waals surface area contributed by atoms with Crippen LogP contribution in [0.4, 0.5) is 0 Å². The summed E-state index contributed by atoms with van der Waals surface area (Å²) in [5, 5.41) is 2.32. The van der Waals surface area contributed by atoms with Crippen LogP contribution in [0.2, 0.25) is 0 Å². The molecule has 2 aromatic carbocycles. The molecular formula is C25H37ClO2.